The smallest absolute Gasteiger partial charge is 0.253 e. The van der Waals surface area contributed by atoms with Gasteiger partial charge in [-0.15, -0.1) is 0 Å². The van der Waals surface area contributed by atoms with Crippen LogP contribution in [0.25, 0.3) is 0 Å². The van der Waals surface area contributed by atoms with Gasteiger partial charge >= 0.3 is 0 Å². The van der Waals surface area contributed by atoms with Crippen LogP contribution in [-0.2, 0) is 6.42 Å². The monoisotopic (exact) mass is 303 g/mol. The lowest BCUT2D eigenvalue weighted by molar-refractivity contribution is 0.0916. The molecule has 21 heavy (non-hydrogen) atoms. The van der Waals surface area contributed by atoms with Crippen LogP contribution < -0.4 is 5.32 Å². The van der Waals surface area contributed by atoms with Crippen LogP contribution >= 0.6 is 11.6 Å². The van der Waals surface area contributed by atoms with E-state index >= 15 is 0 Å². The minimum atomic E-state index is -0.337. The number of rotatable bonds is 5. The van der Waals surface area contributed by atoms with Crippen molar-refractivity contribution < 1.29 is 9.90 Å². The van der Waals surface area contributed by atoms with Crippen LogP contribution in [-0.4, -0.2) is 23.7 Å². The van der Waals surface area contributed by atoms with Gasteiger partial charge in [-0.2, -0.15) is 0 Å². The number of halogens is 1. The number of hydrogen-bond acceptors (Lipinski definition) is 2. The highest BCUT2D eigenvalue weighted by Crippen LogP contribution is 2.20. The second-order valence-corrected chi connectivity index (χ2v) is 5.36. The fourth-order valence-corrected chi connectivity index (χ4v) is 2.36. The number of aliphatic hydroxyl groups is 1. The molecule has 0 fully saturated rings. The summed E-state index contributed by atoms with van der Waals surface area (Å²) in [7, 11) is 0. The summed E-state index contributed by atoms with van der Waals surface area (Å²) in [6, 6.07) is 14.7. The molecule has 1 atom stereocenters. The Balaban J connectivity index is 2.08. The van der Waals surface area contributed by atoms with Crippen molar-refractivity contribution in [2.45, 2.75) is 19.4 Å². The SMILES string of the molecule is Cc1cccc(C(=O)N[C@@H](CO)Cc2ccccc2)c1Cl. The van der Waals surface area contributed by atoms with Gasteiger partial charge in [-0.1, -0.05) is 54.1 Å². The van der Waals surface area contributed by atoms with Crippen LogP contribution in [0, 0.1) is 6.92 Å². The summed E-state index contributed by atoms with van der Waals surface area (Å²) in [6.07, 6.45) is 0.576. The lowest BCUT2D eigenvalue weighted by Crippen LogP contribution is -2.39. The van der Waals surface area contributed by atoms with Crippen LogP contribution in [0.3, 0.4) is 0 Å². The Morgan fingerprint density at radius 3 is 2.57 bits per heavy atom. The van der Waals surface area contributed by atoms with Gasteiger partial charge in [-0.3, -0.25) is 4.79 Å². The van der Waals surface area contributed by atoms with E-state index in [4.69, 9.17) is 11.6 Å². The highest BCUT2D eigenvalue weighted by Gasteiger charge is 2.16. The number of benzene rings is 2. The fraction of sp³-hybridized carbons (Fsp3) is 0.235. The maximum atomic E-state index is 12.3. The topological polar surface area (TPSA) is 49.3 Å². The lowest BCUT2D eigenvalue weighted by atomic mass is 10.1. The van der Waals surface area contributed by atoms with Gasteiger partial charge in [0.05, 0.1) is 23.2 Å². The zero-order valence-corrected chi connectivity index (χ0v) is 12.6. The molecule has 0 spiro atoms. The average Bonchev–Trinajstić information content (AvgIpc) is 2.50. The van der Waals surface area contributed by atoms with Gasteiger partial charge in [-0.05, 0) is 30.5 Å². The van der Waals surface area contributed by atoms with Crippen molar-refractivity contribution in [2.75, 3.05) is 6.61 Å². The van der Waals surface area contributed by atoms with Gasteiger partial charge in [0.15, 0.2) is 0 Å². The minimum absolute atomic E-state index is 0.121. The molecule has 0 aliphatic rings. The minimum Gasteiger partial charge on any atom is -0.394 e. The highest BCUT2D eigenvalue weighted by molar-refractivity contribution is 6.34. The molecule has 0 radical (unpaired) electrons. The molecule has 1 amide bonds. The molecule has 0 unspecified atom stereocenters. The van der Waals surface area contributed by atoms with Gasteiger partial charge in [0, 0.05) is 0 Å². The van der Waals surface area contributed by atoms with E-state index in [0.29, 0.717) is 17.0 Å². The largest absolute Gasteiger partial charge is 0.394 e. The normalized spacial score (nSPS) is 12.0. The van der Waals surface area contributed by atoms with E-state index in [1.165, 1.54) is 0 Å². The van der Waals surface area contributed by atoms with Crippen molar-refractivity contribution in [3.63, 3.8) is 0 Å². The van der Waals surface area contributed by atoms with E-state index < -0.39 is 0 Å². The molecular formula is C17H18ClNO2. The van der Waals surface area contributed by atoms with E-state index in [0.717, 1.165) is 11.1 Å². The zero-order chi connectivity index (χ0) is 15.2. The third-order valence-corrected chi connectivity index (χ3v) is 3.82. The van der Waals surface area contributed by atoms with Crippen molar-refractivity contribution in [3.8, 4) is 0 Å². The Morgan fingerprint density at radius 1 is 1.19 bits per heavy atom. The maximum Gasteiger partial charge on any atom is 0.253 e. The first-order valence-corrected chi connectivity index (χ1v) is 7.20. The Labute approximate surface area is 129 Å². The second-order valence-electron chi connectivity index (χ2n) is 4.98. The summed E-state index contributed by atoms with van der Waals surface area (Å²) >= 11 is 6.15. The molecule has 4 heteroatoms. The summed E-state index contributed by atoms with van der Waals surface area (Å²) in [5, 5.41) is 12.7. The van der Waals surface area contributed by atoms with Crippen molar-refractivity contribution in [1.29, 1.82) is 0 Å². The summed E-state index contributed by atoms with van der Waals surface area (Å²) in [6.45, 7) is 1.73. The molecule has 0 aliphatic carbocycles. The number of nitrogens with one attached hydrogen (secondary N) is 1. The van der Waals surface area contributed by atoms with Crippen LogP contribution in [0.4, 0.5) is 0 Å². The van der Waals surface area contributed by atoms with Crippen molar-refractivity contribution in [3.05, 3.63) is 70.2 Å². The van der Waals surface area contributed by atoms with Crippen LogP contribution in [0.15, 0.2) is 48.5 Å². The van der Waals surface area contributed by atoms with Gasteiger partial charge in [0.25, 0.3) is 5.91 Å². The number of aryl methyl sites for hydroxylation is 1. The number of carbonyl (C=O) groups excluding carboxylic acids is 1. The predicted molar refractivity (Wildman–Crippen MR) is 84.7 cm³/mol. The first-order chi connectivity index (χ1) is 10.1. The van der Waals surface area contributed by atoms with Gasteiger partial charge in [0.1, 0.15) is 0 Å². The van der Waals surface area contributed by atoms with E-state index in [1.54, 1.807) is 12.1 Å². The quantitative estimate of drug-likeness (QED) is 0.892. The number of amides is 1. The summed E-state index contributed by atoms with van der Waals surface area (Å²) in [4.78, 5) is 12.3. The lowest BCUT2D eigenvalue weighted by Gasteiger charge is -2.17. The molecule has 2 aromatic carbocycles. The second kappa shape index (κ2) is 7.25. The predicted octanol–water partition coefficient (Wildman–Crippen LogP) is 2.98. The Kier molecular flexibility index (Phi) is 5.37. The van der Waals surface area contributed by atoms with E-state index in [-0.39, 0.29) is 18.6 Å². The summed E-state index contributed by atoms with van der Waals surface area (Å²) in [5.41, 5.74) is 2.35. The van der Waals surface area contributed by atoms with E-state index in [2.05, 4.69) is 5.32 Å². The molecule has 2 rings (SSSR count). The van der Waals surface area contributed by atoms with E-state index in [9.17, 15) is 9.90 Å². The molecule has 0 saturated heterocycles. The highest BCUT2D eigenvalue weighted by atomic mass is 35.5. The maximum absolute atomic E-state index is 12.3. The first kappa shape index (κ1) is 15.5. The van der Waals surface area contributed by atoms with Crippen molar-refractivity contribution in [1.82, 2.24) is 5.32 Å². The molecule has 2 aromatic rings. The Morgan fingerprint density at radius 2 is 1.90 bits per heavy atom. The van der Waals surface area contributed by atoms with Gasteiger partial charge in [-0.25, -0.2) is 0 Å². The summed E-state index contributed by atoms with van der Waals surface area (Å²) in [5.74, 6) is -0.265. The molecule has 0 aromatic heterocycles. The molecular weight excluding hydrogens is 286 g/mol. The molecule has 2 N–H and O–H groups in total. The fourth-order valence-electron chi connectivity index (χ4n) is 2.15. The van der Waals surface area contributed by atoms with Gasteiger partial charge in [0.2, 0.25) is 0 Å². The molecule has 3 nitrogen and oxygen atoms in total. The Hall–Kier alpha value is -1.84. The average molecular weight is 304 g/mol. The zero-order valence-electron chi connectivity index (χ0n) is 11.8. The molecule has 110 valence electrons. The third kappa shape index (κ3) is 4.06. The third-order valence-electron chi connectivity index (χ3n) is 3.32. The van der Waals surface area contributed by atoms with Crippen LogP contribution in [0.1, 0.15) is 21.5 Å². The number of carbonyl (C=O) groups is 1. The van der Waals surface area contributed by atoms with Gasteiger partial charge < -0.3 is 10.4 Å². The molecule has 0 saturated carbocycles. The van der Waals surface area contributed by atoms with Crippen LogP contribution in [0.5, 0.6) is 0 Å². The van der Waals surface area contributed by atoms with E-state index in [1.807, 2.05) is 43.3 Å². The van der Waals surface area contributed by atoms with Crippen LogP contribution in [0.2, 0.25) is 5.02 Å². The van der Waals surface area contributed by atoms with Crippen molar-refractivity contribution >= 4 is 17.5 Å². The summed E-state index contributed by atoms with van der Waals surface area (Å²) < 4.78 is 0. The van der Waals surface area contributed by atoms with Crippen molar-refractivity contribution in [2.24, 2.45) is 0 Å². The number of hydrogen-bond donors (Lipinski definition) is 2. The first-order valence-electron chi connectivity index (χ1n) is 6.82. The molecule has 0 aliphatic heterocycles. The number of aliphatic hydroxyl groups excluding tert-OH is 1. The molecule has 0 bridgehead atoms. The Bertz CT molecular complexity index is 613. The standard InChI is InChI=1S/C17H18ClNO2/c1-12-6-5-9-15(16(12)18)17(21)19-14(11-20)10-13-7-3-2-4-8-13/h2-9,14,20H,10-11H2,1H3,(H,19,21)/t14-/m1/s1. The molecule has 0 heterocycles.